The van der Waals surface area contributed by atoms with Gasteiger partial charge < -0.3 is 106 Å². The van der Waals surface area contributed by atoms with E-state index >= 15 is 0 Å². The second kappa shape index (κ2) is 54.2. The van der Waals surface area contributed by atoms with Crippen molar-refractivity contribution in [3.05, 3.63) is 29.3 Å². The Morgan fingerprint density at radius 3 is 1.09 bits per heavy atom. The van der Waals surface area contributed by atoms with Crippen molar-refractivity contribution in [1.82, 2.24) is 10.6 Å². The first-order chi connectivity index (χ1) is 39.4. The van der Waals surface area contributed by atoms with E-state index in [0.29, 0.717) is 228 Å². The van der Waals surface area contributed by atoms with Crippen LogP contribution in [-0.4, -0.2) is 266 Å². The number of hydrogen-bond acceptors (Lipinski definition) is 22. The molecule has 0 aliphatic rings. The maximum Gasteiger partial charge on any atom is 0.408 e. The Balaban J connectivity index is 1.86. The predicted octanol–water partition coefficient (Wildman–Crippen LogP) is 2.43. The van der Waals surface area contributed by atoms with E-state index in [4.69, 9.17) is 85.3 Å². The molecule has 1 aromatic carbocycles. The predicted molar refractivity (Wildman–Crippen MR) is 298 cm³/mol. The molecule has 0 bridgehead atoms. The van der Waals surface area contributed by atoms with E-state index in [0.717, 1.165) is 0 Å². The lowest BCUT2D eigenvalue weighted by Gasteiger charge is -2.26. The van der Waals surface area contributed by atoms with Crippen molar-refractivity contribution in [3.8, 4) is 11.8 Å². The van der Waals surface area contributed by atoms with E-state index < -0.39 is 35.6 Å². The molecule has 81 heavy (non-hydrogen) atoms. The Morgan fingerprint density at radius 1 is 0.469 bits per heavy atom. The molecule has 0 saturated carbocycles. The molecule has 0 unspecified atom stereocenters. The van der Waals surface area contributed by atoms with Crippen LogP contribution in [0.25, 0.3) is 0 Å². The third-order valence-corrected chi connectivity index (χ3v) is 10.3. The van der Waals surface area contributed by atoms with E-state index in [1.807, 2.05) is 0 Å². The fraction of sp³-hybridized carbons (Fsp3) is 0.804. The maximum absolute atomic E-state index is 13.0. The first kappa shape index (κ1) is 75.3. The minimum atomic E-state index is -0.929. The number of benzene rings is 1. The van der Waals surface area contributed by atoms with Gasteiger partial charge >= 0.3 is 6.09 Å². The number of nitrogens with one attached hydrogen (secondary N) is 3. The second-order valence-corrected chi connectivity index (χ2v) is 18.7. The van der Waals surface area contributed by atoms with Crippen molar-refractivity contribution in [3.63, 3.8) is 0 Å². The van der Waals surface area contributed by atoms with Crippen LogP contribution >= 0.6 is 0 Å². The van der Waals surface area contributed by atoms with Crippen LogP contribution in [0.15, 0.2) is 18.2 Å². The van der Waals surface area contributed by atoms with Gasteiger partial charge in [-0.05, 0) is 51.3 Å². The summed E-state index contributed by atoms with van der Waals surface area (Å²) in [6.45, 7) is 25.2. The summed E-state index contributed by atoms with van der Waals surface area (Å²) in [7, 11) is 1.64. The molecule has 0 saturated heterocycles. The average molecular weight is 1170 g/mol. The van der Waals surface area contributed by atoms with Crippen molar-refractivity contribution in [2.45, 2.75) is 65.8 Å². The van der Waals surface area contributed by atoms with Crippen LogP contribution in [0.2, 0.25) is 0 Å². The van der Waals surface area contributed by atoms with Crippen molar-refractivity contribution >= 4 is 23.6 Å². The molecular formula is C56H99N3O22. The highest BCUT2D eigenvalue weighted by molar-refractivity contribution is 5.98. The smallest absolute Gasteiger partial charge is 0.408 e. The van der Waals surface area contributed by atoms with E-state index in [2.05, 4.69) is 27.8 Å². The lowest BCUT2D eigenvalue weighted by Crippen LogP contribution is -2.54. The van der Waals surface area contributed by atoms with Gasteiger partial charge in [0.1, 0.15) is 24.3 Å². The molecule has 3 amide bonds. The summed E-state index contributed by atoms with van der Waals surface area (Å²) in [4.78, 5) is 38.2. The zero-order valence-electron chi connectivity index (χ0n) is 49.5. The highest BCUT2D eigenvalue weighted by atomic mass is 16.6. The van der Waals surface area contributed by atoms with Crippen LogP contribution in [0.5, 0.6) is 0 Å². The third kappa shape index (κ3) is 48.4. The number of hydrogen-bond donors (Lipinski definition) is 4. The van der Waals surface area contributed by atoms with Gasteiger partial charge in [-0.25, -0.2) is 4.79 Å². The van der Waals surface area contributed by atoms with Crippen molar-refractivity contribution < 1.29 is 105 Å². The molecule has 4 N–H and O–H groups in total. The minimum absolute atomic E-state index is 0.122. The molecule has 2 atom stereocenters. The summed E-state index contributed by atoms with van der Waals surface area (Å²) in [5.74, 6) is 4.61. The number of aliphatic hydroxyl groups is 1. The van der Waals surface area contributed by atoms with Crippen LogP contribution in [0.1, 0.15) is 52.7 Å². The average Bonchev–Trinajstić information content (AvgIpc) is 3.45. The number of amides is 3. The molecule has 0 aliphatic carbocycles. The fourth-order valence-electron chi connectivity index (χ4n) is 6.19. The topological polar surface area (TPSA) is 274 Å². The zero-order chi connectivity index (χ0) is 59.1. The van der Waals surface area contributed by atoms with Crippen LogP contribution in [0.4, 0.5) is 10.5 Å². The summed E-state index contributed by atoms with van der Waals surface area (Å²) in [5.41, 5.74) is 0.767. The quantitative estimate of drug-likeness (QED) is 0.0539. The Hall–Kier alpha value is -3.73. The molecule has 1 rings (SSSR count). The van der Waals surface area contributed by atoms with Crippen molar-refractivity contribution in [1.29, 1.82) is 0 Å². The van der Waals surface area contributed by atoms with Gasteiger partial charge in [0, 0.05) is 18.4 Å². The lowest BCUT2D eigenvalue weighted by atomic mass is 10.0. The van der Waals surface area contributed by atoms with Crippen LogP contribution in [0, 0.1) is 17.8 Å². The van der Waals surface area contributed by atoms with Crippen LogP contribution in [-0.2, 0) is 101 Å². The Bertz CT molecular complexity index is 1720. The van der Waals surface area contributed by atoms with E-state index in [1.54, 1.807) is 59.9 Å². The fourth-order valence-corrected chi connectivity index (χ4v) is 6.19. The normalized spacial score (nSPS) is 12.3. The number of ether oxygens (including phenoxy) is 18. The standard InChI is InChI=1S/C56H99N3O22/c1-47(2)52(59-55(63)81-56(4,5)6)54(62)57-48(3)53(61)58-51-11-10-50(46-60)49(45-51)9-8-12-65-15-16-67-19-20-69-23-24-71-27-28-73-31-32-75-35-36-77-39-40-79-43-44-80-42-41-78-38-37-76-34-33-74-30-29-72-26-25-70-22-21-68-18-17-66-14-13-64-7/h10-11,45,47-48,52,60H,12-44,46H2,1-7H3,(H,57,62)(H,58,61)(H,59,63)/t48-,52-/m0/s1. The SMILES string of the molecule is COCCOCCOCCOCCOCCOCCOCCOCCOCCOCCOCCOCCOCCOCCOCCOCCOCC#Cc1cc(NC(=O)[C@H](C)NC(=O)[C@@H](NC(=O)OC(C)(C)C)C(C)C)ccc1CO. The van der Waals surface area contributed by atoms with Gasteiger partial charge in [-0.3, -0.25) is 9.59 Å². The summed E-state index contributed by atoms with van der Waals surface area (Å²) >= 11 is 0. The monoisotopic (exact) mass is 1170 g/mol. The van der Waals surface area contributed by atoms with E-state index in [1.165, 1.54) is 6.92 Å². The Labute approximate surface area is 481 Å². The number of carbonyl (C=O) groups is 3. The van der Waals surface area contributed by atoms with Gasteiger partial charge in [0.2, 0.25) is 11.8 Å². The molecule has 0 aliphatic heterocycles. The van der Waals surface area contributed by atoms with E-state index in [-0.39, 0.29) is 19.1 Å². The van der Waals surface area contributed by atoms with Gasteiger partial charge in [-0.15, -0.1) is 0 Å². The maximum atomic E-state index is 13.0. The number of anilines is 1. The Kier molecular flexibility index (Phi) is 50.4. The number of carbonyl (C=O) groups excluding carboxylic acids is 3. The molecule has 25 nitrogen and oxygen atoms in total. The number of alkyl carbamates (subject to hydrolysis) is 1. The first-order valence-electron chi connectivity index (χ1n) is 27.9. The second-order valence-electron chi connectivity index (χ2n) is 18.7. The molecule has 0 fully saturated rings. The summed E-state index contributed by atoms with van der Waals surface area (Å²) in [6, 6.07) is 3.07. The van der Waals surface area contributed by atoms with Gasteiger partial charge in [0.05, 0.1) is 218 Å². The molecule has 0 heterocycles. The zero-order valence-corrected chi connectivity index (χ0v) is 49.5. The highest BCUT2D eigenvalue weighted by Gasteiger charge is 2.29. The van der Waals surface area contributed by atoms with Gasteiger partial charge in [0.15, 0.2) is 0 Å². The number of rotatable bonds is 56. The van der Waals surface area contributed by atoms with E-state index in [9.17, 15) is 19.5 Å². The molecule has 0 spiro atoms. The largest absolute Gasteiger partial charge is 0.444 e. The number of aliphatic hydroxyl groups excluding tert-OH is 1. The molecule has 0 aromatic heterocycles. The summed E-state index contributed by atoms with van der Waals surface area (Å²) < 4.78 is 98.1. The third-order valence-electron chi connectivity index (χ3n) is 10.3. The van der Waals surface area contributed by atoms with Crippen molar-refractivity contribution in [2.75, 3.05) is 230 Å². The van der Waals surface area contributed by atoms with Crippen LogP contribution < -0.4 is 16.0 Å². The molecule has 25 heteroatoms. The minimum Gasteiger partial charge on any atom is -0.444 e. The summed E-state index contributed by atoms with van der Waals surface area (Å²) in [5, 5.41) is 17.8. The van der Waals surface area contributed by atoms with Gasteiger partial charge in [0.25, 0.3) is 0 Å². The van der Waals surface area contributed by atoms with Gasteiger partial charge in [-0.1, -0.05) is 31.8 Å². The first-order valence-corrected chi connectivity index (χ1v) is 27.9. The Morgan fingerprint density at radius 2 is 0.790 bits per heavy atom. The van der Waals surface area contributed by atoms with Crippen molar-refractivity contribution in [2.24, 2.45) is 5.92 Å². The lowest BCUT2D eigenvalue weighted by molar-refractivity contribution is -0.128. The summed E-state index contributed by atoms with van der Waals surface area (Å²) in [6.07, 6.45) is -0.729. The number of methoxy groups -OCH3 is 1. The van der Waals surface area contributed by atoms with Gasteiger partial charge in [-0.2, -0.15) is 0 Å². The highest BCUT2D eigenvalue weighted by Crippen LogP contribution is 2.16. The molecule has 1 aromatic rings. The molecule has 470 valence electrons. The van der Waals surface area contributed by atoms with Crippen LogP contribution in [0.3, 0.4) is 0 Å². The molecule has 0 radical (unpaired) electrons. The molecular weight excluding hydrogens is 1070 g/mol.